The van der Waals surface area contributed by atoms with Crippen LogP contribution in [0.25, 0.3) is 0 Å². The van der Waals surface area contributed by atoms with Gasteiger partial charge < -0.3 is 35.3 Å². The van der Waals surface area contributed by atoms with Gasteiger partial charge in [0.15, 0.2) is 24.7 Å². The summed E-state index contributed by atoms with van der Waals surface area (Å²) in [6, 6.07) is 28.8. The smallest absolute Gasteiger partial charge is 0.328 e. The van der Waals surface area contributed by atoms with Crippen LogP contribution in [0.2, 0.25) is 0 Å². The first kappa shape index (κ1) is 30.3. The number of nitrogens with two attached hydrogens (primary N) is 1. The lowest BCUT2D eigenvalue weighted by Gasteiger charge is -2.15. The highest BCUT2D eigenvalue weighted by atomic mass is 16.5. The molecule has 11 nitrogen and oxygen atoms in total. The van der Waals surface area contributed by atoms with Gasteiger partial charge in [-0.05, 0) is 48.5 Å². The number of hydrogen-bond donors (Lipinski definition) is 3. The van der Waals surface area contributed by atoms with Gasteiger partial charge in [-0.25, -0.2) is 4.79 Å². The fraction of sp³-hybridized carbons (Fsp3) is 0.125. The molecule has 43 heavy (non-hydrogen) atoms. The van der Waals surface area contributed by atoms with Crippen LogP contribution in [0.15, 0.2) is 109 Å². The maximum atomic E-state index is 12.7. The number of nitrogens with one attached hydrogen (secondary N) is 2. The summed E-state index contributed by atoms with van der Waals surface area (Å²) in [5, 5.41) is 5.25. The second-order valence-electron chi connectivity index (χ2n) is 9.00. The zero-order valence-electron chi connectivity index (χ0n) is 22.9. The van der Waals surface area contributed by atoms with Crippen molar-refractivity contribution in [3.63, 3.8) is 0 Å². The van der Waals surface area contributed by atoms with Crippen LogP contribution in [0.3, 0.4) is 0 Å². The molecule has 0 aromatic heterocycles. The molecule has 0 aliphatic carbocycles. The van der Waals surface area contributed by atoms with Crippen molar-refractivity contribution in [1.29, 1.82) is 0 Å². The predicted molar refractivity (Wildman–Crippen MR) is 158 cm³/mol. The number of carbonyl (C=O) groups is 4. The molecule has 0 aliphatic rings. The summed E-state index contributed by atoms with van der Waals surface area (Å²) in [5.74, 6) is -1.53. The Bertz CT molecular complexity index is 1550. The summed E-state index contributed by atoms with van der Waals surface area (Å²) in [4.78, 5) is 50.0. The molecule has 0 fully saturated rings. The number of anilines is 2. The Kier molecular flexibility index (Phi) is 10.8. The maximum absolute atomic E-state index is 12.7. The molecule has 0 saturated heterocycles. The second kappa shape index (κ2) is 15.4. The molecule has 0 radical (unpaired) electrons. The molecule has 1 atom stereocenters. The predicted octanol–water partition coefficient (Wildman–Crippen LogP) is 3.95. The van der Waals surface area contributed by atoms with E-state index in [-0.39, 0.29) is 36.1 Å². The number of hydrogen-bond acceptors (Lipinski definition) is 9. The van der Waals surface area contributed by atoms with Gasteiger partial charge in [0, 0.05) is 0 Å². The van der Waals surface area contributed by atoms with Crippen LogP contribution in [-0.2, 0) is 19.2 Å². The molecular weight excluding hydrogens is 554 g/mol. The van der Waals surface area contributed by atoms with Crippen molar-refractivity contribution in [2.45, 2.75) is 12.5 Å². The van der Waals surface area contributed by atoms with Crippen molar-refractivity contribution >= 4 is 35.1 Å². The first-order valence-corrected chi connectivity index (χ1v) is 13.2. The molecule has 4 rings (SSSR count). The highest BCUT2D eigenvalue weighted by Crippen LogP contribution is 2.26. The second-order valence-corrected chi connectivity index (χ2v) is 9.00. The Morgan fingerprint density at radius 3 is 1.49 bits per heavy atom. The summed E-state index contributed by atoms with van der Waals surface area (Å²) in [6.45, 7) is -0.523. The fourth-order valence-corrected chi connectivity index (χ4v) is 3.63. The number of esters is 2. The van der Waals surface area contributed by atoms with Gasteiger partial charge in [0.05, 0.1) is 17.8 Å². The molecule has 220 valence electrons. The van der Waals surface area contributed by atoms with E-state index in [4.69, 9.17) is 24.7 Å². The molecule has 0 spiro atoms. The number of amides is 2. The Hall–Kier alpha value is -5.68. The lowest BCUT2D eigenvalue weighted by molar-refractivity contribution is -0.142. The monoisotopic (exact) mass is 583 g/mol. The van der Waals surface area contributed by atoms with Gasteiger partial charge in [-0.2, -0.15) is 0 Å². The van der Waals surface area contributed by atoms with Crippen molar-refractivity contribution in [2.24, 2.45) is 5.73 Å². The van der Waals surface area contributed by atoms with Crippen LogP contribution in [0.1, 0.15) is 6.42 Å². The third-order valence-electron chi connectivity index (χ3n) is 5.67. The number of ether oxygens (including phenoxy) is 4. The molecular formula is C32H29N3O8. The molecule has 0 saturated carbocycles. The topological polar surface area (TPSA) is 155 Å². The average molecular weight is 584 g/mol. The zero-order chi connectivity index (χ0) is 30.4. The van der Waals surface area contributed by atoms with Gasteiger partial charge in [0.1, 0.15) is 17.5 Å². The summed E-state index contributed by atoms with van der Waals surface area (Å²) in [7, 11) is 0. The van der Waals surface area contributed by atoms with Crippen molar-refractivity contribution in [3.05, 3.63) is 109 Å². The SMILES string of the molecule is N[C@@H](CC(=O)Oc1ccccc1NC(=O)COc1ccccc1)C(=O)Oc1ccccc1NC(=O)COc1ccccc1. The van der Waals surface area contributed by atoms with E-state index in [0.29, 0.717) is 11.5 Å². The van der Waals surface area contributed by atoms with Gasteiger partial charge in [-0.15, -0.1) is 0 Å². The van der Waals surface area contributed by atoms with Crippen LogP contribution >= 0.6 is 0 Å². The van der Waals surface area contributed by atoms with Crippen LogP contribution < -0.4 is 35.3 Å². The highest BCUT2D eigenvalue weighted by molar-refractivity contribution is 5.95. The summed E-state index contributed by atoms with van der Waals surface area (Å²) >= 11 is 0. The van der Waals surface area contributed by atoms with Crippen molar-refractivity contribution in [3.8, 4) is 23.0 Å². The molecule has 4 aromatic rings. The normalized spacial score (nSPS) is 11.0. The molecule has 4 aromatic carbocycles. The zero-order valence-corrected chi connectivity index (χ0v) is 22.9. The number of rotatable bonds is 13. The molecule has 0 unspecified atom stereocenters. The van der Waals surface area contributed by atoms with Crippen molar-refractivity contribution < 1.29 is 38.1 Å². The van der Waals surface area contributed by atoms with Crippen molar-refractivity contribution in [2.75, 3.05) is 23.8 Å². The van der Waals surface area contributed by atoms with Gasteiger partial charge in [0.25, 0.3) is 11.8 Å². The van der Waals surface area contributed by atoms with E-state index in [0.717, 1.165) is 0 Å². The fourth-order valence-electron chi connectivity index (χ4n) is 3.63. The Labute approximate surface area is 247 Å². The summed E-state index contributed by atoms with van der Waals surface area (Å²) < 4.78 is 21.6. The third-order valence-corrected chi connectivity index (χ3v) is 5.67. The van der Waals surface area contributed by atoms with E-state index >= 15 is 0 Å². The lowest BCUT2D eigenvalue weighted by Crippen LogP contribution is -2.37. The largest absolute Gasteiger partial charge is 0.484 e. The molecule has 2 amide bonds. The average Bonchev–Trinajstić information content (AvgIpc) is 3.02. The summed E-state index contributed by atoms with van der Waals surface area (Å²) in [5.41, 5.74) is 6.37. The van der Waals surface area contributed by atoms with Crippen LogP contribution in [-0.4, -0.2) is 43.0 Å². The number of carbonyl (C=O) groups excluding carboxylic acids is 4. The Morgan fingerprint density at radius 2 is 1.00 bits per heavy atom. The van der Waals surface area contributed by atoms with E-state index < -0.39 is 36.2 Å². The highest BCUT2D eigenvalue weighted by Gasteiger charge is 2.23. The van der Waals surface area contributed by atoms with Gasteiger partial charge in [-0.1, -0.05) is 60.7 Å². The molecule has 11 heteroatoms. The number of benzene rings is 4. The van der Waals surface area contributed by atoms with Gasteiger partial charge in [0.2, 0.25) is 0 Å². The number of para-hydroxylation sites is 6. The first-order chi connectivity index (χ1) is 20.9. The molecule has 0 bridgehead atoms. The molecule has 4 N–H and O–H groups in total. The van der Waals surface area contributed by atoms with E-state index in [1.807, 2.05) is 12.1 Å². The minimum atomic E-state index is -1.38. The minimum absolute atomic E-state index is 0.0372. The first-order valence-electron chi connectivity index (χ1n) is 13.2. The van der Waals surface area contributed by atoms with Crippen LogP contribution in [0.5, 0.6) is 23.0 Å². The van der Waals surface area contributed by atoms with Crippen molar-refractivity contribution in [1.82, 2.24) is 0 Å². The minimum Gasteiger partial charge on any atom is -0.484 e. The third kappa shape index (κ3) is 9.73. The van der Waals surface area contributed by atoms with E-state index in [1.54, 1.807) is 84.9 Å². The van der Waals surface area contributed by atoms with E-state index in [1.165, 1.54) is 12.1 Å². The Balaban J connectivity index is 1.27. The standard InChI is InChI=1S/C32H29N3O8/c33-24(32(39)43-28-18-10-8-16-26(28)35-30(37)21-41-23-13-5-2-6-14-23)19-31(38)42-27-17-9-7-15-25(27)34-29(36)20-40-22-11-3-1-4-12-22/h1-18,24H,19-21,33H2,(H,34,36)(H,35,37)/t24-/m0/s1. The van der Waals surface area contributed by atoms with Gasteiger partial charge >= 0.3 is 11.9 Å². The maximum Gasteiger partial charge on any atom is 0.328 e. The molecule has 0 aliphatic heterocycles. The molecule has 0 heterocycles. The van der Waals surface area contributed by atoms with E-state index in [2.05, 4.69) is 10.6 Å². The lowest BCUT2D eigenvalue weighted by atomic mass is 10.2. The quantitative estimate of drug-likeness (QED) is 0.157. The van der Waals surface area contributed by atoms with E-state index in [9.17, 15) is 19.2 Å². The van der Waals surface area contributed by atoms with Crippen LogP contribution in [0, 0.1) is 0 Å². The Morgan fingerprint density at radius 1 is 0.581 bits per heavy atom. The summed E-state index contributed by atoms with van der Waals surface area (Å²) in [6.07, 6.45) is -0.516. The van der Waals surface area contributed by atoms with Crippen LogP contribution in [0.4, 0.5) is 11.4 Å². The van der Waals surface area contributed by atoms with Gasteiger partial charge in [-0.3, -0.25) is 14.4 Å².